The van der Waals surface area contributed by atoms with Crippen LogP contribution in [0.5, 0.6) is 5.75 Å². The number of rotatable bonds is 4. The zero-order valence-electron chi connectivity index (χ0n) is 8.78. The topological polar surface area (TPSA) is 9.23 Å². The lowest BCUT2D eigenvalue weighted by molar-refractivity contribution is 0.315. The van der Waals surface area contributed by atoms with E-state index in [1.807, 2.05) is 24.3 Å². The van der Waals surface area contributed by atoms with Gasteiger partial charge in [0, 0.05) is 5.39 Å². The summed E-state index contributed by atoms with van der Waals surface area (Å²) in [5.74, 6) is 0.974. The lowest BCUT2D eigenvalue weighted by Crippen LogP contribution is -1.96. The van der Waals surface area contributed by atoms with Gasteiger partial charge in [-0.25, -0.2) is 0 Å². The van der Waals surface area contributed by atoms with E-state index in [9.17, 15) is 0 Å². The molecule has 0 unspecified atom stereocenters. The highest BCUT2D eigenvalue weighted by Gasteiger charge is 1.99. The lowest BCUT2D eigenvalue weighted by Gasteiger charge is -2.08. The van der Waals surface area contributed by atoms with Gasteiger partial charge in [0.1, 0.15) is 5.75 Å². The Morgan fingerprint density at radius 1 is 1.00 bits per heavy atom. The molecule has 2 aromatic rings. The minimum absolute atomic E-state index is 0.748. The second-order valence-electron chi connectivity index (χ2n) is 3.53. The Bertz CT molecular complexity index is 429. The minimum Gasteiger partial charge on any atom is -0.493 e. The summed E-state index contributed by atoms with van der Waals surface area (Å²) in [7, 11) is 0. The van der Waals surface area contributed by atoms with Crippen molar-refractivity contribution in [3.8, 4) is 5.75 Å². The molecule has 15 heavy (non-hydrogen) atoms. The van der Waals surface area contributed by atoms with Crippen molar-refractivity contribution in [3.63, 3.8) is 0 Å². The molecule has 0 fully saturated rings. The molecule has 2 rings (SSSR count). The molecule has 0 N–H and O–H groups in total. The fourth-order valence-corrected chi connectivity index (χ4v) is 1.61. The molecule has 0 amide bonds. The van der Waals surface area contributed by atoms with Gasteiger partial charge >= 0.3 is 0 Å². The normalized spacial score (nSPS) is 10.5. The average molecular weight is 199 g/mol. The molecular formula is C14H15O. The second kappa shape index (κ2) is 4.83. The van der Waals surface area contributed by atoms with Crippen LogP contribution < -0.4 is 4.74 Å². The van der Waals surface area contributed by atoms with Crippen molar-refractivity contribution in [2.75, 3.05) is 6.61 Å². The van der Waals surface area contributed by atoms with E-state index in [1.165, 1.54) is 10.8 Å². The Labute approximate surface area is 90.7 Å². The summed E-state index contributed by atoms with van der Waals surface area (Å²) in [6.07, 6.45) is 1.92. The van der Waals surface area contributed by atoms with E-state index < -0.39 is 0 Å². The Hall–Kier alpha value is -1.50. The van der Waals surface area contributed by atoms with E-state index >= 15 is 0 Å². The van der Waals surface area contributed by atoms with Crippen LogP contribution >= 0.6 is 0 Å². The van der Waals surface area contributed by atoms with Crippen LogP contribution in [-0.2, 0) is 0 Å². The molecule has 2 aromatic carbocycles. The molecule has 1 radical (unpaired) electrons. The number of fused-ring (bicyclic) bond motifs is 1. The summed E-state index contributed by atoms with van der Waals surface area (Å²) in [6, 6.07) is 14.4. The molecule has 77 valence electrons. The molecular weight excluding hydrogens is 184 g/mol. The van der Waals surface area contributed by atoms with E-state index in [0.717, 1.165) is 25.2 Å². The van der Waals surface area contributed by atoms with Crippen molar-refractivity contribution < 1.29 is 4.74 Å². The van der Waals surface area contributed by atoms with Crippen LogP contribution in [0.2, 0.25) is 0 Å². The number of unbranched alkanes of at least 4 members (excludes halogenated alkanes) is 1. The van der Waals surface area contributed by atoms with Crippen LogP contribution in [0, 0.1) is 6.92 Å². The van der Waals surface area contributed by atoms with Crippen LogP contribution in [0.1, 0.15) is 12.8 Å². The first-order chi connectivity index (χ1) is 7.42. The van der Waals surface area contributed by atoms with Gasteiger partial charge in [-0.1, -0.05) is 49.7 Å². The van der Waals surface area contributed by atoms with Gasteiger partial charge in [0.15, 0.2) is 0 Å². The molecule has 0 heterocycles. The molecule has 1 heteroatoms. The fraction of sp³-hybridized carbons (Fsp3) is 0.214. The number of ether oxygens (including phenoxy) is 1. The quantitative estimate of drug-likeness (QED) is 0.680. The van der Waals surface area contributed by atoms with Gasteiger partial charge in [0.25, 0.3) is 0 Å². The zero-order valence-corrected chi connectivity index (χ0v) is 8.78. The predicted octanol–water partition coefficient (Wildman–Crippen LogP) is 3.83. The third-order valence-corrected chi connectivity index (χ3v) is 2.40. The first-order valence-electron chi connectivity index (χ1n) is 5.31. The standard InChI is InChI=1S/C14H15O/c1-2-3-11-15-14-10-6-8-12-7-4-5-9-13(12)14/h4-10H,1-3,11H2. The molecule has 0 aromatic heterocycles. The first-order valence-corrected chi connectivity index (χ1v) is 5.31. The summed E-state index contributed by atoms with van der Waals surface area (Å²) in [4.78, 5) is 0. The predicted molar refractivity (Wildman–Crippen MR) is 64.0 cm³/mol. The monoisotopic (exact) mass is 199 g/mol. The van der Waals surface area contributed by atoms with Crippen molar-refractivity contribution in [1.29, 1.82) is 0 Å². The minimum atomic E-state index is 0.748. The van der Waals surface area contributed by atoms with Crippen LogP contribution in [0.25, 0.3) is 10.8 Å². The lowest BCUT2D eigenvalue weighted by atomic mass is 10.1. The Morgan fingerprint density at radius 3 is 2.67 bits per heavy atom. The third kappa shape index (κ3) is 2.30. The highest BCUT2D eigenvalue weighted by atomic mass is 16.5. The molecule has 0 spiro atoms. The van der Waals surface area contributed by atoms with Crippen LogP contribution in [0.3, 0.4) is 0 Å². The molecule has 0 aliphatic rings. The van der Waals surface area contributed by atoms with Crippen LogP contribution in [0.15, 0.2) is 42.5 Å². The zero-order chi connectivity index (χ0) is 10.5. The maximum Gasteiger partial charge on any atom is 0.127 e. The van der Waals surface area contributed by atoms with E-state index in [2.05, 4.69) is 25.1 Å². The Kier molecular flexibility index (Phi) is 3.23. The highest BCUT2D eigenvalue weighted by Crippen LogP contribution is 2.25. The molecule has 0 aliphatic heterocycles. The SMILES string of the molecule is [CH2]CCCOc1cccc2ccccc12. The van der Waals surface area contributed by atoms with Gasteiger partial charge in [-0.05, 0) is 17.9 Å². The average Bonchev–Trinajstić information content (AvgIpc) is 2.30. The van der Waals surface area contributed by atoms with Gasteiger partial charge in [0.2, 0.25) is 0 Å². The van der Waals surface area contributed by atoms with E-state index in [-0.39, 0.29) is 0 Å². The maximum atomic E-state index is 5.72. The van der Waals surface area contributed by atoms with Crippen molar-refractivity contribution >= 4 is 10.8 Å². The Morgan fingerprint density at radius 2 is 1.80 bits per heavy atom. The maximum absolute atomic E-state index is 5.72. The number of hydrogen-bond acceptors (Lipinski definition) is 1. The summed E-state index contributed by atoms with van der Waals surface area (Å²) >= 11 is 0. The number of benzene rings is 2. The van der Waals surface area contributed by atoms with Crippen molar-refractivity contribution in [2.45, 2.75) is 12.8 Å². The second-order valence-corrected chi connectivity index (χ2v) is 3.53. The smallest absolute Gasteiger partial charge is 0.127 e. The Balaban J connectivity index is 2.26. The van der Waals surface area contributed by atoms with Crippen molar-refractivity contribution in [3.05, 3.63) is 49.4 Å². The van der Waals surface area contributed by atoms with Crippen molar-refractivity contribution in [1.82, 2.24) is 0 Å². The summed E-state index contributed by atoms with van der Waals surface area (Å²) in [5, 5.41) is 2.41. The van der Waals surface area contributed by atoms with E-state index in [0.29, 0.717) is 0 Å². The van der Waals surface area contributed by atoms with Gasteiger partial charge in [-0.2, -0.15) is 0 Å². The summed E-state index contributed by atoms with van der Waals surface area (Å²) in [6.45, 7) is 4.55. The summed E-state index contributed by atoms with van der Waals surface area (Å²) in [5.41, 5.74) is 0. The fourth-order valence-electron chi connectivity index (χ4n) is 1.61. The van der Waals surface area contributed by atoms with Crippen molar-refractivity contribution in [2.24, 2.45) is 0 Å². The largest absolute Gasteiger partial charge is 0.493 e. The van der Waals surface area contributed by atoms with E-state index in [1.54, 1.807) is 0 Å². The molecule has 0 aliphatic carbocycles. The molecule has 0 atom stereocenters. The molecule has 0 saturated heterocycles. The molecule has 1 nitrogen and oxygen atoms in total. The highest BCUT2D eigenvalue weighted by molar-refractivity contribution is 5.88. The first kappa shape index (κ1) is 10.0. The van der Waals surface area contributed by atoms with Crippen LogP contribution in [0.4, 0.5) is 0 Å². The number of hydrogen-bond donors (Lipinski definition) is 0. The molecule has 0 saturated carbocycles. The third-order valence-electron chi connectivity index (χ3n) is 2.40. The summed E-state index contributed by atoms with van der Waals surface area (Å²) < 4.78 is 5.72. The van der Waals surface area contributed by atoms with Gasteiger partial charge in [-0.15, -0.1) is 0 Å². The van der Waals surface area contributed by atoms with E-state index in [4.69, 9.17) is 4.74 Å². The van der Waals surface area contributed by atoms with Gasteiger partial charge in [0.05, 0.1) is 6.61 Å². The van der Waals surface area contributed by atoms with Gasteiger partial charge < -0.3 is 4.74 Å². The van der Waals surface area contributed by atoms with Crippen LogP contribution in [-0.4, -0.2) is 6.61 Å². The molecule has 0 bridgehead atoms. The van der Waals surface area contributed by atoms with Gasteiger partial charge in [-0.3, -0.25) is 0 Å².